The molecule has 0 fully saturated rings. The van der Waals surface area contributed by atoms with Crippen LogP contribution in [-0.4, -0.2) is 5.97 Å². The number of halogens is 1. The second-order valence-electron chi connectivity index (χ2n) is 4.37. The first-order valence-corrected chi connectivity index (χ1v) is 6.96. The Bertz CT molecular complexity index is 588. The van der Waals surface area contributed by atoms with E-state index >= 15 is 0 Å². The van der Waals surface area contributed by atoms with Crippen LogP contribution in [0.15, 0.2) is 46.9 Å². The fourth-order valence-corrected chi connectivity index (χ4v) is 2.30. The Morgan fingerprint density at radius 3 is 2.42 bits per heavy atom. The number of carbonyl (C=O) groups excluding carboxylic acids is 1. The van der Waals surface area contributed by atoms with Crippen LogP contribution in [0.5, 0.6) is 5.75 Å². The van der Waals surface area contributed by atoms with Crippen molar-refractivity contribution in [2.24, 2.45) is 0 Å². The van der Waals surface area contributed by atoms with Gasteiger partial charge in [0, 0.05) is 0 Å². The normalized spacial score (nSPS) is 10.3. The summed E-state index contributed by atoms with van der Waals surface area (Å²) < 4.78 is 6.16. The second-order valence-corrected chi connectivity index (χ2v) is 5.23. The number of aryl methyl sites for hydroxylation is 2. The molecule has 0 spiro atoms. The highest BCUT2D eigenvalue weighted by Gasteiger charge is 2.10. The molecule has 0 amide bonds. The van der Waals surface area contributed by atoms with Crippen LogP contribution in [0.3, 0.4) is 0 Å². The van der Waals surface area contributed by atoms with Crippen molar-refractivity contribution in [1.29, 1.82) is 0 Å². The summed E-state index contributed by atoms with van der Waals surface area (Å²) in [6.45, 7) is 4.07. The van der Waals surface area contributed by atoms with Gasteiger partial charge < -0.3 is 4.74 Å². The van der Waals surface area contributed by atoms with E-state index in [1.54, 1.807) is 18.2 Å². The van der Waals surface area contributed by atoms with Crippen molar-refractivity contribution >= 4 is 21.9 Å². The molecule has 2 aromatic carbocycles. The fourth-order valence-electron chi connectivity index (χ4n) is 1.72. The SMILES string of the molecule is CCc1ccc(C(=O)Oc2ccc(C)cc2Br)cc1. The molecule has 2 aromatic rings. The minimum Gasteiger partial charge on any atom is -0.422 e. The lowest BCUT2D eigenvalue weighted by molar-refractivity contribution is 0.0733. The fraction of sp³-hybridized carbons (Fsp3) is 0.188. The molecule has 98 valence electrons. The number of benzene rings is 2. The van der Waals surface area contributed by atoms with E-state index in [-0.39, 0.29) is 5.97 Å². The van der Waals surface area contributed by atoms with Crippen LogP contribution in [0.4, 0.5) is 0 Å². The molecule has 2 nitrogen and oxygen atoms in total. The highest BCUT2D eigenvalue weighted by molar-refractivity contribution is 9.10. The Labute approximate surface area is 121 Å². The lowest BCUT2D eigenvalue weighted by Gasteiger charge is -2.07. The van der Waals surface area contributed by atoms with Gasteiger partial charge in [-0.25, -0.2) is 4.79 Å². The van der Waals surface area contributed by atoms with Gasteiger partial charge in [-0.1, -0.05) is 25.1 Å². The largest absolute Gasteiger partial charge is 0.422 e. The van der Waals surface area contributed by atoms with Gasteiger partial charge in [0.05, 0.1) is 10.0 Å². The van der Waals surface area contributed by atoms with E-state index in [4.69, 9.17) is 4.74 Å². The Morgan fingerprint density at radius 2 is 1.84 bits per heavy atom. The lowest BCUT2D eigenvalue weighted by atomic mass is 10.1. The quantitative estimate of drug-likeness (QED) is 0.613. The number of hydrogen-bond donors (Lipinski definition) is 0. The van der Waals surface area contributed by atoms with Crippen molar-refractivity contribution in [3.8, 4) is 5.75 Å². The van der Waals surface area contributed by atoms with Crippen molar-refractivity contribution in [2.45, 2.75) is 20.3 Å². The average molecular weight is 319 g/mol. The smallest absolute Gasteiger partial charge is 0.343 e. The van der Waals surface area contributed by atoms with E-state index in [2.05, 4.69) is 22.9 Å². The zero-order chi connectivity index (χ0) is 13.8. The summed E-state index contributed by atoms with van der Waals surface area (Å²) in [5, 5.41) is 0. The molecule has 0 saturated heterocycles. The first kappa shape index (κ1) is 13.8. The zero-order valence-corrected chi connectivity index (χ0v) is 12.5. The summed E-state index contributed by atoms with van der Waals surface area (Å²) in [7, 11) is 0. The Hall–Kier alpha value is -1.61. The second kappa shape index (κ2) is 6.02. The van der Waals surface area contributed by atoms with E-state index < -0.39 is 0 Å². The van der Waals surface area contributed by atoms with Crippen LogP contribution in [0.2, 0.25) is 0 Å². The van der Waals surface area contributed by atoms with Gasteiger partial charge in [-0.2, -0.15) is 0 Å². The predicted octanol–water partition coefficient (Wildman–Crippen LogP) is 4.54. The molecule has 0 aliphatic heterocycles. The zero-order valence-electron chi connectivity index (χ0n) is 10.9. The third-order valence-corrected chi connectivity index (χ3v) is 3.51. The molecular formula is C16H15BrO2. The van der Waals surface area contributed by atoms with Crippen LogP contribution in [0.1, 0.15) is 28.4 Å². The maximum absolute atomic E-state index is 12.0. The number of carbonyl (C=O) groups is 1. The third kappa shape index (κ3) is 3.44. The van der Waals surface area contributed by atoms with Gasteiger partial charge in [-0.3, -0.25) is 0 Å². The first-order chi connectivity index (χ1) is 9.10. The minimum atomic E-state index is -0.341. The highest BCUT2D eigenvalue weighted by atomic mass is 79.9. The van der Waals surface area contributed by atoms with Crippen LogP contribution in [0.25, 0.3) is 0 Å². The summed E-state index contributed by atoms with van der Waals surface area (Å²) in [5.74, 6) is 0.197. The monoisotopic (exact) mass is 318 g/mol. The van der Waals surface area contributed by atoms with Gasteiger partial charge in [0.1, 0.15) is 5.75 Å². The van der Waals surface area contributed by atoms with Gasteiger partial charge in [0.25, 0.3) is 0 Å². The number of esters is 1. The maximum atomic E-state index is 12.0. The number of ether oxygens (including phenoxy) is 1. The topological polar surface area (TPSA) is 26.3 Å². The third-order valence-electron chi connectivity index (χ3n) is 2.89. The molecule has 0 saturated carbocycles. The molecule has 0 unspecified atom stereocenters. The van der Waals surface area contributed by atoms with Crippen molar-refractivity contribution < 1.29 is 9.53 Å². The maximum Gasteiger partial charge on any atom is 0.343 e. The van der Waals surface area contributed by atoms with Crippen LogP contribution >= 0.6 is 15.9 Å². The summed E-state index contributed by atoms with van der Waals surface area (Å²) in [5.41, 5.74) is 2.87. The number of hydrogen-bond acceptors (Lipinski definition) is 2. The van der Waals surface area contributed by atoms with Crippen LogP contribution in [-0.2, 0) is 6.42 Å². The van der Waals surface area contributed by atoms with E-state index in [1.165, 1.54) is 5.56 Å². The van der Waals surface area contributed by atoms with Crippen LogP contribution < -0.4 is 4.74 Å². The Kier molecular flexibility index (Phi) is 4.38. The van der Waals surface area contributed by atoms with E-state index in [0.717, 1.165) is 16.5 Å². The van der Waals surface area contributed by atoms with Gasteiger partial charge in [-0.05, 0) is 64.7 Å². The number of rotatable bonds is 3. The molecule has 0 atom stereocenters. The Morgan fingerprint density at radius 1 is 1.16 bits per heavy atom. The first-order valence-electron chi connectivity index (χ1n) is 6.17. The molecule has 19 heavy (non-hydrogen) atoms. The molecule has 0 aromatic heterocycles. The summed E-state index contributed by atoms with van der Waals surface area (Å²) in [6, 6.07) is 13.1. The standard InChI is InChI=1S/C16H15BrO2/c1-3-12-5-7-13(8-6-12)16(18)19-15-9-4-11(2)10-14(15)17/h4-10H,3H2,1-2H3. The summed E-state index contributed by atoms with van der Waals surface area (Å²) in [6.07, 6.45) is 0.957. The van der Waals surface area contributed by atoms with E-state index in [9.17, 15) is 4.79 Å². The van der Waals surface area contributed by atoms with Crippen LogP contribution in [0, 0.1) is 6.92 Å². The minimum absolute atomic E-state index is 0.341. The molecule has 0 aliphatic carbocycles. The van der Waals surface area contributed by atoms with E-state index in [0.29, 0.717) is 11.3 Å². The average Bonchev–Trinajstić information content (AvgIpc) is 2.42. The summed E-state index contributed by atoms with van der Waals surface area (Å²) >= 11 is 3.39. The van der Waals surface area contributed by atoms with Crippen molar-refractivity contribution in [3.05, 3.63) is 63.6 Å². The highest BCUT2D eigenvalue weighted by Crippen LogP contribution is 2.26. The molecule has 0 radical (unpaired) electrons. The summed E-state index contributed by atoms with van der Waals surface area (Å²) in [4.78, 5) is 12.0. The van der Waals surface area contributed by atoms with E-state index in [1.807, 2.05) is 31.2 Å². The molecule has 0 bridgehead atoms. The van der Waals surface area contributed by atoms with Crippen molar-refractivity contribution in [3.63, 3.8) is 0 Å². The Balaban J connectivity index is 2.15. The van der Waals surface area contributed by atoms with Crippen molar-refractivity contribution in [1.82, 2.24) is 0 Å². The molecule has 3 heteroatoms. The molecule has 0 aliphatic rings. The van der Waals surface area contributed by atoms with Gasteiger partial charge >= 0.3 is 5.97 Å². The van der Waals surface area contributed by atoms with Gasteiger partial charge in [0.15, 0.2) is 0 Å². The molecule has 0 N–H and O–H groups in total. The molecular weight excluding hydrogens is 304 g/mol. The predicted molar refractivity (Wildman–Crippen MR) is 79.7 cm³/mol. The molecule has 2 rings (SSSR count). The van der Waals surface area contributed by atoms with Crippen molar-refractivity contribution in [2.75, 3.05) is 0 Å². The molecule has 0 heterocycles. The van der Waals surface area contributed by atoms with Gasteiger partial charge in [-0.15, -0.1) is 0 Å². The van der Waals surface area contributed by atoms with Gasteiger partial charge in [0.2, 0.25) is 0 Å². The lowest BCUT2D eigenvalue weighted by Crippen LogP contribution is -2.08.